The van der Waals surface area contributed by atoms with Gasteiger partial charge < -0.3 is 29.3 Å². The number of hydrogen-bond donors (Lipinski definition) is 1. The molecule has 2 heterocycles. The third kappa shape index (κ3) is 5.85. The molecule has 2 aliphatic heterocycles. The maximum Gasteiger partial charge on any atom is 0.320 e. The summed E-state index contributed by atoms with van der Waals surface area (Å²) in [6.07, 6.45) is 1.82. The molecule has 2 atom stereocenters. The predicted octanol–water partition coefficient (Wildman–Crippen LogP) is -1.17. The molecule has 2 saturated heterocycles. The van der Waals surface area contributed by atoms with Gasteiger partial charge in [-0.15, -0.1) is 0 Å². The monoisotopic (exact) mass is 355 g/mol. The number of piperidine rings is 1. The van der Waals surface area contributed by atoms with E-state index in [0.717, 1.165) is 32.5 Å². The van der Waals surface area contributed by atoms with Gasteiger partial charge in [0.15, 0.2) is 0 Å². The number of carbonyl (C=O) groups is 2. The van der Waals surface area contributed by atoms with Crippen molar-refractivity contribution >= 4 is 12.0 Å². The van der Waals surface area contributed by atoms with E-state index in [-0.39, 0.29) is 24.3 Å². The molecule has 0 aliphatic carbocycles. The van der Waals surface area contributed by atoms with E-state index in [1.807, 2.05) is 9.80 Å². The molecule has 2 amide bonds. The van der Waals surface area contributed by atoms with Crippen LogP contribution in [0.5, 0.6) is 0 Å². The van der Waals surface area contributed by atoms with Gasteiger partial charge in [0.2, 0.25) is 0 Å². The Morgan fingerprint density at radius 2 is 1.76 bits per heavy atom. The second-order valence-corrected chi connectivity index (χ2v) is 7.21. The quantitative estimate of drug-likeness (QED) is 0.624. The van der Waals surface area contributed by atoms with E-state index in [1.54, 1.807) is 0 Å². The number of carbonyl (C=O) groups excluding carboxylic acids is 2. The number of morpholine rings is 1. The zero-order chi connectivity index (χ0) is 18.2. The van der Waals surface area contributed by atoms with Crippen LogP contribution in [0.15, 0.2) is 0 Å². The summed E-state index contributed by atoms with van der Waals surface area (Å²) in [6, 6.07) is 0.0791. The van der Waals surface area contributed by atoms with Gasteiger partial charge in [-0.05, 0) is 38.5 Å². The summed E-state index contributed by atoms with van der Waals surface area (Å²) in [7, 11) is 0. The average molecular weight is 355 g/mol. The summed E-state index contributed by atoms with van der Waals surface area (Å²) in [4.78, 5) is 29.1. The maximum absolute atomic E-state index is 12.7. The number of hydrogen-bond acceptors (Lipinski definition) is 4. The molecule has 0 aromatic heterocycles. The zero-order valence-corrected chi connectivity index (χ0v) is 15.7. The highest BCUT2D eigenvalue weighted by Gasteiger charge is 2.34. The van der Waals surface area contributed by atoms with Crippen molar-refractivity contribution in [3.8, 4) is 0 Å². The molecule has 1 N–H and O–H groups in total. The fourth-order valence-corrected chi connectivity index (χ4v) is 4.01. The van der Waals surface area contributed by atoms with Gasteiger partial charge in [0.05, 0.1) is 32.8 Å². The molecular formula is C18H33N3O4. The predicted molar refractivity (Wildman–Crippen MR) is 92.1 cm³/mol. The Morgan fingerprint density at radius 1 is 1.08 bits per heavy atom. The minimum atomic E-state index is -0.974. The van der Waals surface area contributed by atoms with Gasteiger partial charge in [-0.3, -0.25) is 0 Å². The number of likely N-dealkylation sites (tertiary alicyclic amines) is 1. The third-order valence-corrected chi connectivity index (χ3v) is 5.74. The van der Waals surface area contributed by atoms with Gasteiger partial charge >= 0.3 is 6.03 Å². The number of carboxylic acid groups (broad SMARTS) is 1. The highest BCUT2D eigenvalue weighted by atomic mass is 16.5. The molecule has 0 aromatic rings. The summed E-state index contributed by atoms with van der Waals surface area (Å²) < 4.78 is 5.32. The first-order valence-electron chi connectivity index (χ1n) is 9.70. The van der Waals surface area contributed by atoms with Crippen molar-refractivity contribution < 1.29 is 24.3 Å². The molecule has 7 nitrogen and oxygen atoms in total. The molecule has 2 rings (SSSR count). The smallest absolute Gasteiger partial charge is 0.320 e. The number of amides is 2. The lowest BCUT2D eigenvalue weighted by Crippen LogP contribution is -3.11. The fraction of sp³-hybridized carbons (Fsp3) is 0.889. The van der Waals surface area contributed by atoms with E-state index >= 15 is 0 Å². The lowest BCUT2D eigenvalue weighted by atomic mass is 9.81. The Balaban J connectivity index is 1.96. The van der Waals surface area contributed by atoms with Gasteiger partial charge in [-0.25, -0.2) is 4.79 Å². The van der Waals surface area contributed by atoms with Crippen molar-refractivity contribution in [1.29, 1.82) is 0 Å². The van der Waals surface area contributed by atoms with E-state index < -0.39 is 5.97 Å². The van der Waals surface area contributed by atoms with Gasteiger partial charge in [0.25, 0.3) is 0 Å². The van der Waals surface area contributed by atoms with E-state index in [2.05, 4.69) is 13.8 Å². The fourth-order valence-electron chi connectivity index (χ4n) is 4.01. The van der Waals surface area contributed by atoms with Crippen LogP contribution in [0, 0.1) is 11.8 Å². The summed E-state index contributed by atoms with van der Waals surface area (Å²) in [6.45, 7) is 11.3. The van der Waals surface area contributed by atoms with Crippen molar-refractivity contribution in [1.82, 2.24) is 9.80 Å². The summed E-state index contributed by atoms with van der Waals surface area (Å²) in [5.74, 6) is -0.614. The number of aliphatic carboxylic acids is 1. The highest BCUT2D eigenvalue weighted by molar-refractivity contribution is 5.74. The van der Waals surface area contributed by atoms with E-state index in [1.165, 1.54) is 4.90 Å². The Labute approximate surface area is 150 Å². The van der Waals surface area contributed by atoms with Crippen LogP contribution in [-0.2, 0) is 9.53 Å². The van der Waals surface area contributed by atoms with Crippen LogP contribution < -0.4 is 10.0 Å². The lowest BCUT2D eigenvalue weighted by molar-refractivity contribution is -0.897. The largest absolute Gasteiger partial charge is 0.550 e. The third-order valence-electron chi connectivity index (χ3n) is 5.74. The summed E-state index contributed by atoms with van der Waals surface area (Å²) in [5, 5.41) is 11.1. The molecule has 2 aliphatic rings. The molecule has 0 radical (unpaired) electrons. The van der Waals surface area contributed by atoms with Gasteiger partial charge in [0.1, 0.15) is 0 Å². The van der Waals surface area contributed by atoms with Gasteiger partial charge in [-0.2, -0.15) is 0 Å². The molecule has 0 saturated carbocycles. The summed E-state index contributed by atoms with van der Waals surface area (Å²) in [5.41, 5.74) is 0. The SMILES string of the molecule is CC[NH+](CC)CC[C@H]1CN(C(=O)N2CCOCC2)CC[C@H]1CC(=O)[O-]. The highest BCUT2D eigenvalue weighted by Crippen LogP contribution is 2.29. The molecule has 0 bridgehead atoms. The first-order valence-corrected chi connectivity index (χ1v) is 9.70. The standard InChI is InChI=1S/C18H33N3O4/c1-3-19(4-2)7-5-16-14-21(8-6-15(16)13-17(22)23)18(24)20-9-11-25-12-10-20/h15-16H,3-14H2,1-2H3,(H,22,23)/t15-,16-/m0/s1. The molecule has 0 unspecified atom stereocenters. The normalized spacial score (nSPS) is 24.6. The second kappa shape index (κ2) is 9.97. The van der Waals surface area contributed by atoms with E-state index in [9.17, 15) is 14.7 Å². The Hall–Kier alpha value is -1.34. The van der Waals surface area contributed by atoms with Crippen LogP contribution in [0.25, 0.3) is 0 Å². The van der Waals surface area contributed by atoms with Crippen molar-refractivity contribution in [3.63, 3.8) is 0 Å². The second-order valence-electron chi connectivity index (χ2n) is 7.21. The number of urea groups is 1. The lowest BCUT2D eigenvalue weighted by Gasteiger charge is -2.41. The molecule has 144 valence electrons. The van der Waals surface area contributed by atoms with Crippen LogP contribution >= 0.6 is 0 Å². The van der Waals surface area contributed by atoms with E-state index in [0.29, 0.717) is 39.4 Å². The van der Waals surface area contributed by atoms with Crippen molar-refractivity contribution in [2.24, 2.45) is 11.8 Å². The molecular weight excluding hydrogens is 322 g/mol. The van der Waals surface area contributed by atoms with Gasteiger partial charge in [0, 0.05) is 38.6 Å². The minimum absolute atomic E-state index is 0.0791. The number of carboxylic acids is 1. The van der Waals surface area contributed by atoms with Gasteiger partial charge in [-0.1, -0.05) is 0 Å². The Kier molecular flexibility index (Phi) is 7.96. The van der Waals surface area contributed by atoms with Crippen LogP contribution in [0.3, 0.4) is 0 Å². The maximum atomic E-state index is 12.7. The molecule has 0 spiro atoms. The van der Waals surface area contributed by atoms with Crippen LogP contribution in [0.4, 0.5) is 4.79 Å². The molecule has 25 heavy (non-hydrogen) atoms. The minimum Gasteiger partial charge on any atom is -0.550 e. The first-order chi connectivity index (χ1) is 12.0. The zero-order valence-electron chi connectivity index (χ0n) is 15.7. The number of nitrogens with one attached hydrogen (secondary N) is 1. The van der Waals surface area contributed by atoms with Crippen molar-refractivity contribution in [3.05, 3.63) is 0 Å². The average Bonchev–Trinajstić information content (AvgIpc) is 2.63. The number of ether oxygens (including phenoxy) is 1. The topological polar surface area (TPSA) is 77.3 Å². The Bertz CT molecular complexity index is 436. The van der Waals surface area contributed by atoms with Crippen molar-refractivity contribution in [2.45, 2.75) is 33.1 Å². The van der Waals surface area contributed by atoms with E-state index in [4.69, 9.17) is 4.74 Å². The first kappa shape index (κ1) is 20.0. The Morgan fingerprint density at radius 3 is 2.36 bits per heavy atom. The molecule has 0 aromatic carbocycles. The molecule has 7 heteroatoms. The summed E-state index contributed by atoms with van der Waals surface area (Å²) >= 11 is 0. The van der Waals surface area contributed by atoms with Crippen molar-refractivity contribution in [2.75, 3.05) is 59.0 Å². The number of rotatable bonds is 7. The van der Waals surface area contributed by atoms with Crippen LogP contribution in [-0.4, -0.2) is 80.8 Å². The van der Waals surface area contributed by atoms with Crippen LogP contribution in [0.2, 0.25) is 0 Å². The number of quaternary nitrogens is 1. The van der Waals surface area contributed by atoms with Crippen LogP contribution in [0.1, 0.15) is 33.1 Å². The number of nitrogens with zero attached hydrogens (tertiary/aromatic N) is 2. The molecule has 2 fully saturated rings.